The third kappa shape index (κ3) is 3.79. The molecular weight excluding hydrogens is 291 g/mol. The number of hydrogen-bond donors (Lipinski definition) is 0. The van der Waals surface area contributed by atoms with E-state index in [-0.39, 0.29) is 0 Å². The molecule has 0 aromatic rings. The molecule has 0 aliphatic carbocycles. The van der Waals surface area contributed by atoms with E-state index < -0.39 is 24.2 Å². The fourth-order valence-corrected chi connectivity index (χ4v) is 16.3. The maximum absolute atomic E-state index is 6.56. The monoisotopic (exact) mass is 308 g/mol. The molecule has 0 aliphatic heterocycles. The summed E-state index contributed by atoms with van der Waals surface area (Å²) in [6.45, 7) is 10.5. The van der Waals surface area contributed by atoms with Gasteiger partial charge in [0.05, 0.1) is 0 Å². The van der Waals surface area contributed by atoms with Gasteiger partial charge in [0.25, 0.3) is 0 Å². The molecule has 1 atom stereocenters. The minimum Gasteiger partial charge on any atom is -0.327 e. The number of nitrogens with zero attached hydrogens (tertiary/aromatic N) is 2. The van der Waals surface area contributed by atoms with Crippen LogP contribution in [0.2, 0.25) is 32.7 Å². The van der Waals surface area contributed by atoms with Crippen molar-refractivity contribution in [3.8, 4) is 0 Å². The Morgan fingerprint density at radius 3 is 1.64 bits per heavy atom. The van der Waals surface area contributed by atoms with Crippen LogP contribution in [-0.2, 0) is 0 Å². The molecule has 0 radical (unpaired) electrons. The molecule has 0 fully saturated rings. The topological polar surface area (TPSA) is 6.48 Å². The molecule has 0 aromatic carbocycles. The van der Waals surface area contributed by atoms with Crippen molar-refractivity contribution in [3.05, 3.63) is 0 Å². The molecule has 2 nitrogen and oxygen atoms in total. The van der Waals surface area contributed by atoms with Crippen molar-refractivity contribution in [2.45, 2.75) is 32.7 Å². The second kappa shape index (κ2) is 5.18. The zero-order valence-corrected chi connectivity index (χ0v) is 15.0. The van der Waals surface area contributed by atoms with Crippen molar-refractivity contribution >= 4 is 58.1 Å². The summed E-state index contributed by atoms with van der Waals surface area (Å²) in [6, 6.07) is 0. The van der Waals surface area contributed by atoms with E-state index in [1.54, 1.807) is 3.75 Å². The molecule has 1 unspecified atom stereocenters. The van der Waals surface area contributed by atoms with Gasteiger partial charge < -0.3 is 4.23 Å². The smallest absolute Gasteiger partial charge is 0.305 e. The fourth-order valence-electron chi connectivity index (χ4n) is 1.09. The summed E-state index contributed by atoms with van der Waals surface area (Å²) in [4.78, 5) is 0. The highest BCUT2D eigenvalue weighted by Crippen LogP contribution is 2.30. The van der Waals surface area contributed by atoms with E-state index in [1.807, 2.05) is 19.6 Å². The van der Waals surface area contributed by atoms with Crippen LogP contribution in [0.25, 0.3) is 0 Å². The van der Waals surface area contributed by atoms with Gasteiger partial charge in [-0.3, -0.25) is 0 Å². The summed E-state index contributed by atoms with van der Waals surface area (Å²) in [6.07, 6.45) is 0. The first-order chi connectivity index (χ1) is 6.01. The van der Waals surface area contributed by atoms with Crippen molar-refractivity contribution < 1.29 is 0 Å². The van der Waals surface area contributed by atoms with Crippen LogP contribution >= 0.6 is 33.9 Å². The molecule has 86 valence electrons. The van der Waals surface area contributed by atoms with E-state index in [4.69, 9.17) is 33.9 Å². The van der Waals surface area contributed by atoms with E-state index in [9.17, 15) is 0 Å². The van der Waals surface area contributed by atoms with Gasteiger partial charge in [0.1, 0.15) is 8.96 Å². The Bertz CT molecular complexity index is 195. The number of hydrogen-bond acceptors (Lipinski definition) is 2. The van der Waals surface area contributed by atoms with Gasteiger partial charge in [-0.15, -0.1) is 22.2 Å². The van der Waals surface area contributed by atoms with Crippen molar-refractivity contribution in [3.63, 3.8) is 0 Å². The van der Waals surface area contributed by atoms with Gasteiger partial charge in [-0.1, -0.05) is 13.1 Å². The van der Waals surface area contributed by atoms with E-state index in [1.165, 1.54) is 0 Å². The maximum Gasteiger partial charge on any atom is 0.305 e. The SMILES string of the molecule is CN([SiH](C)C)[Si](C)(Cl)N(Cl)[Si](C)(C)Cl. The van der Waals surface area contributed by atoms with Gasteiger partial charge >= 0.3 is 7.71 Å². The average molecular weight is 310 g/mol. The van der Waals surface area contributed by atoms with Crippen LogP contribution in [0.1, 0.15) is 0 Å². The third-order valence-corrected chi connectivity index (χ3v) is 18.7. The van der Waals surface area contributed by atoms with Crippen molar-refractivity contribution in [2.24, 2.45) is 0 Å². The summed E-state index contributed by atoms with van der Waals surface area (Å²) in [5.41, 5.74) is 0. The minimum atomic E-state index is -2.21. The summed E-state index contributed by atoms with van der Waals surface area (Å²) in [5, 5.41) is 0. The van der Waals surface area contributed by atoms with Gasteiger partial charge in [0.2, 0.25) is 7.55 Å². The highest BCUT2D eigenvalue weighted by Gasteiger charge is 2.46. The van der Waals surface area contributed by atoms with Crippen molar-refractivity contribution in [2.75, 3.05) is 7.05 Å². The van der Waals surface area contributed by atoms with Crippen LogP contribution < -0.4 is 0 Å². The lowest BCUT2D eigenvalue weighted by atomic mass is 11.6. The van der Waals surface area contributed by atoms with E-state index >= 15 is 0 Å². The van der Waals surface area contributed by atoms with Gasteiger partial charge in [0.15, 0.2) is 0 Å². The van der Waals surface area contributed by atoms with E-state index in [0.29, 0.717) is 0 Å². The predicted octanol–water partition coefficient (Wildman–Crippen LogP) is 3.11. The predicted molar refractivity (Wildman–Crippen MR) is 75.1 cm³/mol. The molecule has 0 spiro atoms. The van der Waals surface area contributed by atoms with Gasteiger partial charge in [-0.25, -0.2) is 3.75 Å². The molecule has 0 heterocycles. The summed E-state index contributed by atoms with van der Waals surface area (Å²) in [5.74, 6) is 0. The molecule has 0 aliphatic rings. The molecule has 0 rings (SSSR count). The summed E-state index contributed by atoms with van der Waals surface area (Å²) in [7, 11) is -3.10. The lowest BCUT2D eigenvalue weighted by Crippen LogP contribution is -2.64. The van der Waals surface area contributed by atoms with Crippen LogP contribution in [0.3, 0.4) is 0 Å². The minimum absolute atomic E-state index is 0.917. The standard InChI is InChI=1S/C6H19Cl3N2Si3/c1-10(12(2)3)14(6,9)11(7)13(4,5)8/h12H,1-6H3. The highest BCUT2D eigenvalue weighted by molar-refractivity contribution is 7.31. The molecule has 0 aromatic heterocycles. The second-order valence-electron chi connectivity index (χ2n) is 4.30. The second-order valence-corrected chi connectivity index (χ2v) is 20.3. The van der Waals surface area contributed by atoms with Crippen LogP contribution in [0.15, 0.2) is 0 Å². The average Bonchev–Trinajstić information content (AvgIpc) is 1.99. The number of rotatable bonds is 4. The maximum atomic E-state index is 6.56. The Morgan fingerprint density at radius 2 is 1.43 bits per heavy atom. The van der Waals surface area contributed by atoms with Crippen molar-refractivity contribution in [1.29, 1.82) is 0 Å². The lowest BCUT2D eigenvalue weighted by molar-refractivity contribution is 0.734. The van der Waals surface area contributed by atoms with E-state index in [0.717, 1.165) is 0 Å². The molecular formula is C6H19Cl3N2Si3. The third-order valence-electron chi connectivity index (χ3n) is 2.24. The Morgan fingerprint density at radius 1 is 1.07 bits per heavy atom. The first kappa shape index (κ1) is 15.4. The van der Waals surface area contributed by atoms with Gasteiger partial charge in [0, 0.05) is 0 Å². The Labute approximate surface area is 106 Å². The van der Waals surface area contributed by atoms with Gasteiger partial charge in [-0.05, 0) is 38.5 Å². The molecule has 0 N–H and O–H groups in total. The first-order valence-corrected chi connectivity index (χ1v) is 15.1. The summed E-state index contributed by atoms with van der Waals surface area (Å²) >= 11 is 19.1. The highest BCUT2D eigenvalue weighted by atomic mass is 35.6. The zero-order valence-electron chi connectivity index (χ0n) is 9.61. The Balaban J connectivity index is 4.77. The molecule has 0 bridgehead atoms. The largest absolute Gasteiger partial charge is 0.327 e. The van der Waals surface area contributed by atoms with Crippen LogP contribution in [0.4, 0.5) is 0 Å². The zero-order chi connectivity index (χ0) is 11.7. The lowest BCUT2D eigenvalue weighted by Gasteiger charge is -2.42. The summed E-state index contributed by atoms with van der Waals surface area (Å²) < 4.78 is 3.99. The molecule has 14 heavy (non-hydrogen) atoms. The Hall–Kier alpha value is 1.44. The first-order valence-electron chi connectivity index (χ1n) is 4.58. The number of halogens is 3. The molecule has 8 heteroatoms. The van der Waals surface area contributed by atoms with Crippen LogP contribution in [0.5, 0.6) is 0 Å². The quantitative estimate of drug-likeness (QED) is 0.447. The van der Waals surface area contributed by atoms with Crippen LogP contribution in [-0.4, -0.2) is 39.2 Å². The van der Waals surface area contributed by atoms with E-state index in [2.05, 4.69) is 24.4 Å². The normalized spacial score (nSPS) is 18.0. The fraction of sp³-hybridized carbons (Fsp3) is 1.00. The molecule has 0 saturated heterocycles. The van der Waals surface area contributed by atoms with Crippen LogP contribution in [0, 0.1) is 0 Å². The van der Waals surface area contributed by atoms with Crippen molar-refractivity contribution in [1.82, 2.24) is 7.98 Å². The van der Waals surface area contributed by atoms with Gasteiger partial charge in [-0.2, -0.15) is 0 Å². The Kier molecular flexibility index (Phi) is 5.71. The molecule has 0 amide bonds. The molecule has 0 saturated carbocycles.